The lowest BCUT2D eigenvalue weighted by molar-refractivity contribution is -0.115. The van der Waals surface area contributed by atoms with Gasteiger partial charge in [-0.05, 0) is 37.8 Å². The maximum absolute atomic E-state index is 11.0. The first-order valence-corrected chi connectivity index (χ1v) is 5.51. The van der Waals surface area contributed by atoms with Crippen LogP contribution in [0.15, 0.2) is 12.2 Å². The molecule has 0 fully saturated rings. The number of hydrogen-bond donors (Lipinski definition) is 1. The SMILES string of the molecule is CNC(CC(C)C)C1C=CC(=O)CC1. The zero-order valence-electron chi connectivity index (χ0n) is 9.42. The van der Waals surface area contributed by atoms with Crippen molar-refractivity contribution in [1.82, 2.24) is 5.32 Å². The number of ketones is 1. The zero-order chi connectivity index (χ0) is 10.6. The van der Waals surface area contributed by atoms with Crippen LogP contribution in [0.1, 0.15) is 33.1 Å². The Hall–Kier alpha value is -0.630. The van der Waals surface area contributed by atoms with Crippen LogP contribution in [0.5, 0.6) is 0 Å². The third kappa shape index (κ3) is 3.26. The van der Waals surface area contributed by atoms with E-state index in [1.54, 1.807) is 6.08 Å². The second-order valence-corrected chi connectivity index (χ2v) is 4.55. The molecule has 1 aliphatic carbocycles. The highest BCUT2D eigenvalue weighted by molar-refractivity contribution is 5.90. The smallest absolute Gasteiger partial charge is 0.155 e. The molecule has 0 radical (unpaired) electrons. The number of rotatable bonds is 4. The second kappa shape index (κ2) is 5.30. The van der Waals surface area contributed by atoms with Gasteiger partial charge in [-0.15, -0.1) is 0 Å². The van der Waals surface area contributed by atoms with Crippen molar-refractivity contribution in [3.8, 4) is 0 Å². The van der Waals surface area contributed by atoms with Crippen LogP contribution in [0.3, 0.4) is 0 Å². The van der Waals surface area contributed by atoms with E-state index in [0.717, 1.165) is 12.8 Å². The number of allylic oxidation sites excluding steroid dienone is 1. The van der Waals surface area contributed by atoms with E-state index in [2.05, 4.69) is 25.2 Å². The van der Waals surface area contributed by atoms with Crippen LogP contribution in [0.25, 0.3) is 0 Å². The van der Waals surface area contributed by atoms with Gasteiger partial charge in [0.2, 0.25) is 0 Å². The van der Waals surface area contributed by atoms with Gasteiger partial charge in [0.15, 0.2) is 5.78 Å². The molecule has 2 heteroatoms. The first-order valence-electron chi connectivity index (χ1n) is 5.51. The zero-order valence-corrected chi connectivity index (χ0v) is 9.42. The minimum atomic E-state index is 0.278. The lowest BCUT2D eigenvalue weighted by atomic mass is 9.85. The minimum absolute atomic E-state index is 0.278. The summed E-state index contributed by atoms with van der Waals surface area (Å²) in [5.41, 5.74) is 0. The molecule has 0 aromatic heterocycles. The molecule has 2 unspecified atom stereocenters. The number of nitrogens with one attached hydrogen (secondary N) is 1. The van der Waals surface area contributed by atoms with Crippen molar-refractivity contribution in [2.75, 3.05) is 7.05 Å². The van der Waals surface area contributed by atoms with Crippen molar-refractivity contribution in [3.63, 3.8) is 0 Å². The summed E-state index contributed by atoms with van der Waals surface area (Å²) in [6.45, 7) is 4.48. The summed E-state index contributed by atoms with van der Waals surface area (Å²) >= 11 is 0. The molecule has 0 spiro atoms. The van der Waals surface area contributed by atoms with Gasteiger partial charge in [0, 0.05) is 12.5 Å². The average molecular weight is 195 g/mol. The second-order valence-electron chi connectivity index (χ2n) is 4.55. The predicted molar refractivity (Wildman–Crippen MR) is 59.2 cm³/mol. The van der Waals surface area contributed by atoms with Crippen LogP contribution in [-0.4, -0.2) is 18.9 Å². The Kier molecular flexibility index (Phi) is 4.33. The summed E-state index contributed by atoms with van der Waals surface area (Å²) in [5.74, 6) is 1.53. The quantitative estimate of drug-likeness (QED) is 0.744. The molecule has 2 nitrogen and oxygen atoms in total. The fourth-order valence-electron chi connectivity index (χ4n) is 2.07. The van der Waals surface area contributed by atoms with E-state index >= 15 is 0 Å². The molecule has 1 rings (SSSR count). The van der Waals surface area contributed by atoms with Crippen molar-refractivity contribution in [2.45, 2.75) is 39.2 Å². The standard InChI is InChI=1S/C12H21NO/c1-9(2)8-12(13-3)10-4-6-11(14)7-5-10/h4,6,9-10,12-13H,5,7-8H2,1-3H3. The van der Waals surface area contributed by atoms with Crippen LogP contribution >= 0.6 is 0 Å². The summed E-state index contributed by atoms with van der Waals surface area (Å²) in [5, 5.41) is 3.36. The Balaban J connectivity index is 2.52. The molecule has 0 aromatic rings. The molecule has 0 bridgehead atoms. The van der Waals surface area contributed by atoms with Gasteiger partial charge in [-0.3, -0.25) is 4.79 Å². The van der Waals surface area contributed by atoms with E-state index in [-0.39, 0.29) is 5.78 Å². The van der Waals surface area contributed by atoms with Gasteiger partial charge < -0.3 is 5.32 Å². The molecule has 80 valence electrons. The fourth-order valence-corrected chi connectivity index (χ4v) is 2.07. The van der Waals surface area contributed by atoms with Crippen molar-refractivity contribution in [1.29, 1.82) is 0 Å². The van der Waals surface area contributed by atoms with Gasteiger partial charge in [-0.2, -0.15) is 0 Å². The van der Waals surface area contributed by atoms with Crippen molar-refractivity contribution >= 4 is 5.78 Å². The normalized spacial score (nSPS) is 24.3. The van der Waals surface area contributed by atoms with E-state index in [4.69, 9.17) is 0 Å². The lowest BCUT2D eigenvalue weighted by Crippen LogP contribution is -2.35. The van der Waals surface area contributed by atoms with Gasteiger partial charge in [-0.1, -0.05) is 19.9 Å². The van der Waals surface area contributed by atoms with Gasteiger partial charge in [0.1, 0.15) is 0 Å². The summed E-state index contributed by atoms with van der Waals surface area (Å²) in [6.07, 6.45) is 6.74. The molecule has 0 aromatic carbocycles. The van der Waals surface area contributed by atoms with Crippen LogP contribution in [0, 0.1) is 11.8 Å². The number of carbonyl (C=O) groups excluding carboxylic acids is 1. The molecule has 2 atom stereocenters. The van der Waals surface area contributed by atoms with Crippen LogP contribution < -0.4 is 5.32 Å². The Morgan fingerprint density at radius 2 is 2.29 bits per heavy atom. The van der Waals surface area contributed by atoms with Gasteiger partial charge in [-0.25, -0.2) is 0 Å². The molecule has 0 saturated carbocycles. The average Bonchev–Trinajstić information content (AvgIpc) is 2.15. The van der Waals surface area contributed by atoms with E-state index in [0.29, 0.717) is 17.9 Å². The maximum atomic E-state index is 11.0. The summed E-state index contributed by atoms with van der Waals surface area (Å²) in [4.78, 5) is 11.0. The Labute approximate surface area is 86.8 Å². The summed E-state index contributed by atoms with van der Waals surface area (Å²) in [7, 11) is 2.01. The highest BCUT2D eigenvalue weighted by Gasteiger charge is 2.21. The van der Waals surface area contributed by atoms with Gasteiger partial charge >= 0.3 is 0 Å². The van der Waals surface area contributed by atoms with E-state index in [1.807, 2.05) is 7.05 Å². The largest absolute Gasteiger partial charge is 0.316 e. The van der Waals surface area contributed by atoms with Crippen molar-refractivity contribution in [2.24, 2.45) is 11.8 Å². The molecular weight excluding hydrogens is 174 g/mol. The Morgan fingerprint density at radius 3 is 2.71 bits per heavy atom. The number of hydrogen-bond acceptors (Lipinski definition) is 2. The number of carbonyl (C=O) groups is 1. The van der Waals surface area contributed by atoms with Crippen LogP contribution in [0.2, 0.25) is 0 Å². The van der Waals surface area contributed by atoms with E-state index < -0.39 is 0 Å². The Bertz CT molecular complexity index is 220. The molecule has 0 heterocycles. The minimum Gasteiger partial charge on any atom is -0.316 e. The third-order valence-electron chi connectivity index (χ3n) is 2.87. The molecule has 0 saturated heterocycles. The first kappa shape index (κ1) is 11.4. The third-order valence-corrected chi connectivity index (χ3v) is 2.87. The lowest BCUT2D eigenvalue weighted by Gasteiger charge is -2.27. The summed E-state index contributed by atoms with van der Waals surface area (Å²) in [6, 6.07) is 0.527. The molecule has 0 amide bonds. The first-order chi connectivity index (χ1) is 6.63. The van der Waals surface area contributed by atoms with Crippen molar-refractivity contribution in [3.05, 3.63) is 12.2 Å². The van der Waals surface area contributed by atoms with Gasteiger partial charge in [0.05, 0.1) is 0 Å². The van der Waals surface area contributed by atoms with Crippen LogP contribution in [0.4, 0.5) is 0 Å². The van der Waals surface area contributed by atoms with Crippen molar-refractivity contribution < 1.29 is 4.79 Å². The molecule has 14 heavy (non-hydrogen) atoms. The van der Waals surface area contributed by atoms with Gasteiger partial charge in [0.25, 0.3) is 0 Å². The molecule has 0 aliphatic heterocycles. The monoisotopic (exact) mass is 195 g/mol. The Morgan fingerprint density at radius 1 is 1.57 bits per heavy atom. The highest BCUT2D eigenvalue weighted by atomic mass is 16.1. The topological polar surface area (TPSA) is 29.1 Å². The molecule has 1 aliphatic rings. The molecular formula is C12H21NO. The highest BCUT2D eigenvalue weighted by Crippen LogP contribution is 2.22. The van der Waals surface area contributed by atoms with Crippen LogP contribution in [-0.2, 0) is 4.79 Å². The fraction of sp³-hybridized carbons (Fsp3) is 0.750. The van der Waals surface area contributed by atoms with E-state index in [1.165, 1.54) is 6.42 Å². The summed E-state index contributed by atoms with van der Waals surface area (Å²) < 4.78 is 0. The maximum Gasteiger partial charge on any atom is 0.155 e. The van der Waals surface area contributed by atoms with E-state index in [9.17, 15) is 4.79 Å². The molecule has 1 N–H and O–H groups in total. The predicted octanol–water partition coefficient (Wildman–Crippen LogP) is 2.16.